The number of nitrogens with two attached hydrogens (primary N) is 1. The van der Waals surface area contributed by atoms with Crippen molar-refractivity contribution in [3.8, 4) is 17.2 Å². The first-order valence-electron chi connectivity index (χ1n) is 7.18. The lowest BCUT2D eigenvalue weighted by Gasteiger charge is -2.12. The second-order valence-corrected chi connectivity index (χ2v) is 5.72. The maximum absolute atomic E-state index is 12.5. The van der Waals surface area contributed by atoms with Crippen LogP contribution in [0.5, 0.6) is 17.2 Å². The minimum absolute atomic E-state index is 0.238. The molecule has 0 aliphatic rings. The smallest absolute Gasteiger partial charge is 0.255 e. The summed E-state index contributed by atoms with van der Waals surface area (Å²) in [6, 6.07) is 9.82. The molecule has 0 aromatic heterocycles. The van der Waals surface area contributed by atoms with E-state index in [9.17, 15) is 9.59 Å². The minimum atomic E-state index is -0.580. The van der Waals surface area contributed by atoms with Crippen molar-refractivity contribution in [1.29, 1.82) is 0 Å². The van der Waals surface area contributed by atoms with E-state index in [1.54, 1.807) is 36.4 Å². The Balaban J connectivity index is 2.19. The van der Waals surface area contributed by atoms with Crippen molar-refractivity contribution in [3.63, 3.8) is 0 Å². The van der Waals surface area contributed by atoms with Gasteiger partial charge in [-0.25, -0.2) is 0 Å². The van der Waals surface area contributed by atoms with Gasteiger partial charge < -0.3 is 25.3 Å². The number of hydrogen-bond donors (Lipinski definition) is 2. The van der Waals surface area contributed by atoms with Gasteiger partial charge in [0.2, 0.25) is 0 Å². The van der Waals surface area contributed by atoms with E-state index in [1.165, 1.54) is 14.2 Å². The van der Waals surface area contributed by atoms with Crippen molar-refractivity contribution in [2.24, 2.45) is 5.73 Å². The van der Waals surface area contributed by atoms with Crippen LogP contribution in [-0.4, -0.2) is 32.6 Å². The highest BCUT2D eigenvalue weighted by atomic mass is 79.9. The van der Waals surface area contributed by atoms with Crippen molar-refractivity contribution in [2.75, 3.05) is 26.1 Å². The standard InChI is InChI=1S/C17H17BrN2O5/c1-23-13-6-10(7-14(24-2)16(13)18)17(22)20-11-4-3-5-12(8-11)25-9-15(19)21/h3-8H,9H2,1-2H3,(H2,19,21)(H,20,22). The molecule has 2 amide bonds. The molecule has 0 unspecified atom stereocenters. The van der Waals surface area contributed by atoms with Crippen LogP contribution >= 0.6 is 15.9 Å². The van der Waals surface area contributed by atoms with Crippen LogP contribution in [0.4, 0.5) is 5.69 Å². The van der Waals surface area contributed by atoms with Crippen LogP contribution in [-0.2, 0) is 4.79 Å². The molecule has 0 fully saturated rings. The van der Waals surface area contributed by atoms with Gasteiger partial charge in [-0.05, 0) is 40.2 Å². The SMILES string of the molecule is COc1cc(C(=O)Nc2cccc(OCC(N)=O)c2)cc(OC)c1Br. The second kappa shape index (κ2) is 8.39. The van der Waals surface area contributed by atoms with Crippen LogP contribution < -0.4 is 25.3 Å². The van der Waals surface area contributed by atoms with E-state index in [2.05, 4.69) is 21.2 Å². The van der Waals surface area contributed by atoms with E-state index in [4.69, 9.17) is 19.9 Å². The molecule has 2 aromatic rings. The van der Waals surface area contributed by atoms with Gasteiger partial charge in [0.05, 0.1) is 14.2 Å². The van der Waals surface area contributed by atoms with Crippen LogP contribution in [0.15, 0.2) is 40.9 Å². The van der Waals surface area contributed by atoms with Gasteiger partial charge in [0.25, 0.3) is 11.8 Å². The number of amides is 2. The van der Waals surface area contributed by atoms with E-state index in [0.29, 0.717) is 33.0 Å². The van der Waals surface area contributed by atoms with Crippen molar-refractivity contribution in [3.05, 3.63) is 46.4 Å². The van der Waals surface area contributed by atoms with E-state index in [1.807, 2.05) is 0 Å². The molecule has 0 radical (unpaired) electrons. The third-order valence-corrected chi connectivity index (χ3v) is 3.96. The molecule has 0 saturated carbocycles. The Morgan fingerprint density at radius 1 is 1.12 bits per heavy atom. The predicted molar refractivity (Wildman–Crippen MR) is 96.3 cm³/mol. The monoisotopic (exact) mass is 408 g/mol. The molecule has 0 aliphatic carbocycles. The molecule has 0 atom stereocenters. The zero-order valence-corrected chi connectivity index (χ0v) is 15.3. The highest BCUT2D eigenvalue weighted by Gasteiger charge is 2.15. The van der Waals surface area contributed by atoms with Crippen LogP contribution in [0, 0.1) is 0 Å². The molecule has 2 aromatic carbocycles. The first kappa shape index (κ1) is 18.6. The molecule has 25 heavy (non-hydrogen) atoms. The molecule has 8 heteroatoms. The molecule has 0 aliphatic heterocycles. The summed E-state index contributed by atoms with van der Waals surface area (Å²) >= 11 is 3.35. The lowest BCUT2D eigenvalue weighted by atomic mass is 10.1. The van der Waals surface area contributed by atoms with E-state index >= 15 is 0 Å². The zero-order chi connectivity index (χ0) is 18.4. The van der Waals surface area contributed by atoms with E-state index < -0.39 is 5.91 Å². The third kappa shape index (κ3) is 4.87. The number of hydrogen-bond acceptors (Lipinski definition) is 5. The number of nitrogens with one attached hydrogen (secondary N) is 1. The van der Waals surface area contributed by atoms with Crippen molar-refractivity contribution in [2.45, 2.75) is 0 Å². The number of rotatable bonds is 7. The number of halogens is 1. The average Bonchev–Trinajstić information content (AvgIpc) is 2.60. The maximum Gasteiger partial charge on any atom is 0.255 e. The van der Waals surface area contributed by atoms with Crippen molar-refractivity contribution < 1.29 is 23.8 Å². The fourth-order valence-corrected chi connectivity index (χ4v) is 2.57. The summed E-state index contributed by atoms with van der Waals surface area (Å²) in [6.45, 7) is -0.238. The van der Waals surface area contributed by atoms with E-state index in [-0.39, 0.29) is 12.5 Å². The van der Waals surface area contributed by atoms with Gasteiger partial charge in [-0.15, -0.1) is 0 Å². The van der Waals surface area contributed by atoms with Gasteiger partial charge in [0, 0.05) is 17.3 Å². The number of carbonyl (C=O) groups excluding carboxylic acids is 2. The molecule has 3 N–H and O–H groups in total. The summed E-state index contributed by atoms with van der Waals surface area (Å²) in [4.78, 5) is 23.3. The fourth-order valence-electron chi connectivity index (χ4n) is 2.02. The minimum Gasteiger partial charge on any atom is -0.495 e. The normalized spacial score (nSPS) is 10.0. The summed E-state index contributed by atoms with van der Waals surface area (Å²) in [5.74, 6) is 0.438. The summed E-state index contributed by atoms with van der Waals surface area (Å²) < 4.78 is 16.3. The number of ether oxygens (including phenoxy) is 3. The first-order valence-corrected chi connectivity index (χ1v) is 7.98. The molecule has 0 saturated heterocycles. The highest BCUT2D eigenvalue weighted by molar-refractivity contribution is 9.10. The molecule has 7 nitrogen and oxygen atoms in total. The summed E-state index contributed by atoms with van der Waals surface area (Å²) in [5, 5.41) is 2.75. The van der Waals surface area contributed by atoms with Crippen LogP contribution in [0.3, 0.4) is 0 Å². The summed E-state index contributed by atoms with van der Waals surface area (Å²) in [5.41, 5.74) is 5.91. The zero-order valence-electron chi connectivity index (χ0n) is 13.7. The Labute approximate surface area is 153 Å². The van der Waals surface area contributed by atoms with Crippen LogP contribution in [0.1, 0.15) is 10.4 Å². The Kier molecular flexibility index (Phi) is 6.24. The quantitative estimate of drug-likeness (QED) is 0.733. The van der Waals surface area contributed by atoms with Crippen LogP contribution in [0.2, 0.25) is 0 Å². The van der Waals surface area contributed by atoms with E-state index in [0.717, 1.165) is 0 Å². The molecule has 0 heterocycles. The molecule has 132 valence electrons. The van der Waals surface area contributed by atoms with Gasteiger partial charge in [0.1, 0.15) is 21.7 Å². The Morgan fingerprint density at radius 3 is 2.32 bits per heavy atom. The number of carbonyl (C=O) groups is 2. The Morgan fingerprint density at radius 2 is 1.76 bits per heavy atom. The third-order valence-electron chi connectivity index (χ3n) is 3.18. The van der Waals surface area contributed by atoms with Gasteiger partial charge in [-0.2, -0.15) is 0 Å². The molecular weight excluding hydrogens is 392 g/mol. The van der Waals surface area contributed by atoms with Gasteiger partial charge in [-0.3, -0.25) is 9.59 Å². The molecule has 0 bridgehead atoms. The van der Waals surface area contributed by atoms with Gasteiger partial charge in [0.15, 0.2) is 6.61 Å². The Hall–Kier alpha value is -2.74. The number of anilines is 1. The van der Waals surface area contributed by atoms with Gasteiger partial charge >= 0.3 is 0 Å². The lowest BCUT2D eigenvalue weighted by molar-refractivity contribution is -0.119. The largest absolute Gasteiger partial charge is 0.495 e. The maximum atomic E-state index is 12.5. The molecule has 0 spiro atoms. The Bertz CT molecular complexity index is 769. The van der Waals surface area contributed by atoms with Crippen molar-refractivity contribution >= 4 is 33.4 Å². The van der Waals surface area contributed by atoms with Crippen molar-refractivity contribution in [1.82, 2.24) is 0 Å². The topological polar surface area (TPSA) is 99.9 Å². The number of methoxy groups -OCH3 is 2. The molecular formula is C17H17BrN2O5. The van der Waals surface area contributed by atoms with Crippen LogP contribution in [0.25, 0.3) is 0 Å². The molecule has 2 rings (SSSR count). The summed E-state index contributed by atoms with van der Waals surface area (Å²) in [7, 11) is 3.00. The predicted octanol–water partition coefficient (Wildman–Crippen LogP) is 2.58. The number of primary amides is 1. The summed E-state index contributed by atoms with van der Waals surface area (Å²) in [6.07, 6.45) is 0. The first-order chi connectivity index (χ1) is 11.9. The average molecular weight is 409 g/mol. The fraction of sp³-hybridized carbons (Fsp3) is 0.176. The second-order valence-electron chi connectivity index (χ2n) is 4.93. The highest BCUT2D eigenvalue weighted by Crippen LogP contribution is 2.35. The van der Waals surface area contributed by atoms with Gasteiger partial charge in [-0.1, -0.05) is 6.07 Å². The lowest BCUT2D eigenvalue weighted by Crippen LogP contribution is -2.20. The number of benzene rings is 2.